The summed E-state index contributed by atoms with van der Waals surface area (Å²) >= 11 is 0. The number of rotatable bonds is 55. The molecule has 0 spiro atoms. The van der Waals surface area contributed by atoms with Crippen molar-refractivity contribution < 1.29 is 49.3 Å². The molecule has 11 nitrogen and oxygen atoms in total. The number of amides is 1. The second kappa shape index (κ2) is 55.6. The van der Waals surface area contributed by atoms with Crippen LogP contribution in [0.3, 0.4) is 0 Å². The smallest absolute Gasteiger partial charge is 0.306 e. The van der Waals surface area contributed by atoms with E-state index in [0.29, 0.717) is 12.8 Å². The van der Waals surface area contributed by atoms with Crippen molar-refractivity contribution in [1.29, 1.82) is 0 Å². The molecule has 6 N–H and O–H groups in total. The normalized spacial score (nSPS) is 19.3. The standard InChI is InChI=1S/C68H121NO10/c1-4-7-10-13-16-19-22-24-26-27-28-29-30-31-32-33-34-36-37-40-43-46-49-52-55-61(72)67(76)69-59(60(71)54-51-48-45-42-39-21-18-15-12-9-6-3)58-77-68-66(65(75)64(74)62(57-70)78-68)79-63(73)56-53-50-47-44-41-38-35-25-23-20-17-14-11-8-5-2/h16-17,19-20,23-26,28-29,51,54,59-62,64-66,68,70-72,74-75H,4-15,18,21-22,27,30-50,52-53,55-58H2,1-3H3,(H,69,76)/b19-16-,20-17+,25-23+,26-24-,29-28-,54-51+. The molecule has 1 aliphatic rings. The van der Waals surface area contributed by atoms with Crippen molar-refractivity contribution in [1.82, 2.24) is 5.32 Å². The van der Waals surface area contributed by atoms with Gasteiger partial charge in [-0.25, -0.2) is 0 Å². The van der Waals surface area contributed by atoms with Crippen LogP contribution in [0.4, 0.5) is 0 Å². The molecule has 1 heterocycles. The zero-order valence-electron chi connectivity index (χ0n) is 50.7. The van der Waals surface area contributed by atoms with Gasteiger partial charge in [0.2, 0.25) is 5.91 Å². The van der Waals surface area contributed by atoms with E-state index in [-0.39, 0.29) is 19.4 Å². The van der Waals surface area contributed by atoms with Crippen LogP contribution < -0.4 is 5.32 Å². The van der Waals surface area contributed by atoms with Gasteiger partial charge in [-0.1, -0.05) is 261 Å². The topological polar surface area (TPSA) is 175 Å². The molecule has 0 aromatic rings. The van der Waals surface area contributed by atoms with Crippen LogP contribution in [0.2, 0.25) is 0 Å². The Morgan fingerprint density at radius 1 is 0.506 bits per heavy atom. The average Bonchev–Trinajstić information content (AvgIpc) is 3.44. The first-order valence-corrected chi connectivity index (χ1v) is 32.7. The van der Waals surface area contributed by atoms with E-state index in [2.05, 4.69) is 86.8 Å². The Kier molecular flexibility index (Phi) is 52.2. The lowest BCUT2D eigenvalue weighted by atomic mass is 9.99. The number of aliphatic hydroxyl groups excluding tert-OH is 5. The fourth-order valence-corrected chi connectivity index (χ4v) is 9.88. The van der Waals surface area contributed by atoms with Crippen LogP contribution in [-0.4, -0.2) is 99.6 Å². The van der Waals surface area contributed by atoms with Crippen LogP contribution in [0.25, 0.3) is 0 Å². The molecule has 0 radical (unpaired) electrons. The quantitative estimate of drug-likeness (QED) is 0.0149. The summed E-state index contributed by atoms with van der Waals surface area (Å²) in [5.41, 5.74) is 0. The fraction of sp³-hybridized carbons (Fsp3) is 0.794. The summed E-state index contributed by atoms with van der Waals surface area (Å²) in [5.74, 6) is -1.21. The summed E-state index contributed by atoms with van der Waals surface area (Å²) in [6.45, 7) is 5.73. The molecule has 0 aromatic heterocycles. The molecule has 11 heteroatoms. The molecule has 8 atom stereocenters. The van der Waals surface area contributed by atoms with E-state index in [1.54, 1.807) is 6.08 Å². The lowest BCUT2D eigenvalue weighted by Gasteiger charge is -2.41. The lowest BCUT2D eigenvalue weighted by Crippen LogP contribution is -2.61. The first-order valence-electron chi connectivity index (χ1n) is 32.7. The average molecular weight is 1110 g/mol. The Bertz CT molecular complexity index is 1560. The summed E-state index contributed by atoms with van der Waals surface area (Å²) < 4.78 is 17.6. The molecule has 1 rings (SSSR count). The largest absolute Gasteiger partial charge is 0.454 e. The third kappa shape index (κ3) is 43.5. The van der Waals surface area contributed by atoms with E-state index in [4.69, 9.17) is 14.2 Å². The molecule has 1 aliphatic heterocycles. The van der Waals surface area contributed by atoms with Crippen LogP contribution >= 0.6 is 0 Å². The zero-order valence-corrected chi connectivity index (χ0v) is 50.7. The highest BCUT2D eigenvalue weighted by Crippen LogP contribution is 2.26. The molecule has 8 unspecified atom stereocenters. The monoisotopic (exact) mass is 1110 g/mol. The third-order valence-electron chi connectivity index (χ3n) is 15.1. The highest BCUT2D eigenvalue weighted by Gasteiger charge is 2.47. The molecule has 458 valence electrons. The molecule has 0 aromatic carbocycles. The van der Waals surface area contributed by atoms with E-state index in [0.717, 1.165) is 103 Å². The summed E-state index contributed by atoms with van der Waals surface area (Å²) in [5, 5.41) is 57.0. The van der Waals surface area contributed by atoms with Gasteiger partial charge in [0.1, 0.15) is 24.4 Å². The first kappa shape index (κ1) is 74.1. The number of aliphatic hydroxyl groups is 5. The number of carbonyl (C=O) groups excluding carboxylic acids is 2. The molecule has 1 fully saturated rings. The van der Waals surface area contributed by atoms with Gasteiger partial charge >= 0.3 is 5.97 Å². The maximum atomic E-state index is 13.4. The number of ether oxygens (including phenoxy) is 3. The number of unbranched alkanes of at least 4 members (excludes halogenated alkanes) is 32. The van der Waals surface area contributed by atoms with Gasteiger partial charge in [0.05, 0.1) is 25.4 Å². The summed E-state index contributed by atoms with van der Waals surface area (Å²) in [7, 11) is 0. The van der Waals surface area contributed by atoms with E-state index >= 15 is 0 Å². The van der Waals surface area contributed by atoms with Crippen molar-refractivity contribution in [3.8, 4) is 0 Å². The Balaban J connectivity index is 2.61. The molecule has 0 saturated carbocycles. The van der Waals surface area contributed by atoms with Gasteiger partial charge in [0.25, 0.3) is 0 Å². The van der Waals surface area contributed by atoms with Crippen LogP contribution in [-0.2, 0) is 23.8 Å². The Hall–Kier alpha value is -2.90. The number of hydrogen-bond donors (Lipinski definition) is 6. The molecular formula is C68H121NO10. The van der Waals surface area contributed by atoms with Crippen molar-refractivity contribution in [2.45, 2.75) is 333 Å². The van der Waals surface area contributed by atoms with Crippen LogP contribution in [0.1, 0.15) is 284 Å². The predicted molar refractivity (Wildman–Crippen MR) is 329 cm³/mol. The number of carbonyl (C=O) groups is 2. The molecular weight excluding hydrogens is 991 g/mol. The minimum absolute atomic E-state index is 0.109. The summed E-state index contributed by atoms with van der Waals surface area (Å²) in [4.78, 5) is 26.6. The molecule has 1 saturated heterocycles. The SMILES string of the molecule is CCCCC/C=C\C/C=C\C/C=C\CCCCCCCCCCCCCC(O)C(=O)NC(COC1OC(CO)C(O)C(O)C1OC(=O)CCCCCCCC/C=C/C=C/CCCCC)C(O)/C=C/CCCCCCCCCCC. The zero-order chi connectivity index (χ0) is 57.5. The van der Waals surface area contributed by atoms with E-state index in [9.17, 15) is 35.1 Å². The minimum atomic E-state index is -1.62. The van der Waals surface area contributed by atoms with Crippen LogP contribution in [0.15, 0.2) is 72.9 Å². The second-order valence-electron chi connectivity index (χ2n) is 22.5. The van der Waals surface area contributed by atoms with Crippen molar-refractivity contribution in [2.75, 3.05) is 13.2 Å². The fourth-order valence-electron chi connectivity index (χ4n) is 9.88. The number of allylic oxidation sites excluding steroid dienone is 11. The molecule has 1 amide bonds. The lowest BCUT2D eigenvalue weighted by molar-refractivity contribution is -0.305. The Morgan fingerprint density at radius 2 is 0.911 bits per heavy atom. The van der Waals surface area contributed by atoms with Gasteiger partial charge in [-0.15, -0.1) is 0 Å². The predicted octanol–water partition coefficient (Wildman–Crippen LogP) is 16.0. The van der Waals surface area contributed by atoms with Crippen LogP contribution in [0, 0.1) is 0 Å². The molecule has 0 bridgehead atoms. The van der Waals surface area contributed by atoms with E-state index < -0.39 is 67.4 Å². The Labute approximate surface area is 483 Å². The van der Waals surface area contributed by atoms with Gasteiger partial charge in [-0.3, -0.25) is 9.59 Å². The van der Waals surface area contributed by atoms with Crippen molar-refractivity contribution in [2.24, 2.45) is 0 Å². The minimum Gasteiger partial charge on any atom is -0.454 e. The van der Waals surface area contributed by atoms with Gasteiger partial charge in [-0.05, 0) is 89.9 Å². The van der Waals surface area contributed by atoms with Crippen LogP contribution in [0.5, 0.6) is 0 Å². The van der Waals surface area contributed by atoms with E-state index in [1.807, 2.05) is 6.08 Å². The molecule has 0 aliphatic carbocycles. The Morgan fingerprint density at radius 3 is 1.41 bits per heavy atom. The van der Waals surface area contributed by atoms with Gasteiger partial charge in [0.15, 0.2) is 12.4 Å². The third-order valence-corrected chi connectivity index (χ3v) is 15.1. The maximum Gasteiger partial charge on any atom is 0.306 e. The van der Waals surface area contributed by atoms with Gasteiger partial charge < -0.3 is 45.1 Å². The summed E-state index contributed by atoms with van der Waals surface area (Å²) in [6, 6.07) is -1.03. The van der Waals surface area contributed by atoms with Crippen molar-refractivity contribution >= 4 is 11.9 Å². The number of nitrogens with one attached hydrogen (secondary N) is 1. The maximum absolute atomic E-state index is 13.4. The van der Waals surface area contributed by atoms with Gasteiger partial charge in [-0.2, -0.15) is 0 Å². The van der Waals surface area contributed by atoms with Crippen molar-refractivity contribution in [3.05, 3.63) is 72.9 Å². The number of esters is 1. The van der Waals surface area contributed by atoms with Crippen molar-refractivity contribution in [3.63, 3.8) is 0 Å². The highest BCUT2D eigenvalue weighted by molar-refractivity contribution is 5.80. The molecule has 79 heavy (non-hydrogen) atoms. The van der Waals surface area contributed by atoms with E-state index in [1.165, 1.54) is 135 Å². The van der Waals surface area contributed by atoms with Gasteiger partial charge in [0, 0.05) is 6.42 Å². The second-order valence-corrected chi connectivity index (χ2v) is 22.5. The number of hydrogen-bond acceptors (Lipinski definition) is 10. The first-order chi connectivity index (χ1) is 38.7. The summed E-state index contributed by atoms with van der Waals surface area (Å²) in [6.07, 6.45) is 60.8. The highest BCUT2D eigenvalue weighted by atomic mass is 16.7.